The van der Waals surface area contributed by atoms with Gasteiger partial charge in [-0.15, -0.1) is 0 Å². The van der Waals surface area contributed by atoms with Crippen LogP contribution in [0.25, 0.3) is 0 Å². The van der Waals surface area contributed by atoms with Crippen molar-refractivity contribution in [1.82, 2.24) is 0 Å². The highest BCUT2D eigenvalue weighted by Gasteiger charge is 2.36. The topological polar surface area (TPSA) is 35.5 Å². The molecule has 2 aromatic carbocycles. The number of benzene rings is 2. The molecule has 2 aromatic rings. The van der Waals surface area contributed by atoms with Crippen LogP contribution in [0.4, 0.5) is 0 Å². The molecule has 2 atom stereocenters. The van der Waals surface area contributed by atoms with Gasteiger partial charge in [-0.05, 0) is 54.9 Å². The van der Waals surface area contributed by atoms with Crippen LogP contribution in [-0.2, 0) is 15.7 Å². The third kappa shape index (κ3) is 5.45. The Bertz CT molecular complexity index is 725. The first-order valence-electron chi connectivity index (χ1n) is 9.05. The Morgan fingerprint density at radius 1 is 1.12 bits per heavy atom. The van der Waals surface area contributed by atoms with Crippen molar-refractivity contribution in [2.75, 3.05) is 19.4 Å². The van der Waals surface area contributed by atoms with E-state index in [2.05, 4.69) is 24.3 Å². The second-order valence-corrected chi connectivity index (χ2v) is 9.56. The van der Waals surface area contributed by atoms with E-state index in [1.165, 1.54) is 18.4 Å². The Morgan fingerprint density at radius 2 is 1.88 bits per heavy atom. The Labute approximate surface area is 150 Å². The van der Waals surface area contributed by atoms with Gasteiger partial charge < -0.3 is 9.26 Å². The number of rotatable bonds is 9. The molecule has 134 valence electrons. The lowest BCUT2D eigenvalue weighted by atomic mass is 9.96. The molecular weight excluding hydrogens is 331 g/mol. The smallest absolute Gasteiger partial charge is 0.200 e. The zero-order chi connectivity index (χ0) is 17.7. The average Bonchev–Trinajstić information content (AvgIpc) is 3.44. The van der Waals surface area contributed by atoms with E-state index in [-0.39, 0.29) is 0 Å². The number of hydrogen-bond acceptors (Lipinski definition) is 3. The molecule has 4 heteroatoms. The van der Waals surface area contributed by atoms with Crippen molar-refractivity contribution in [3.63, 3.8) is 0 Å². The van der Waals surface area contributed by atoms with Crippen molar-refractivity contribution >= 4 is 7.37 Å². The minimum atomic E-state index is -2.55. The molecule has 0 aliphatic heterocycles. The predicted molar refractivity (Wildman–Crippen MR) is 103 cm³/mol. The fourth-order valence-corrected chi connectivity index (χ4v) is 5.16. The van der Waals surface area contributed by atoms with Crippen molar-refractivity contribution in [2.24, 2.45) is 5.92 Å². The summed E-state index contributed by atoms with van der Waals surface area (Å²) < 4.78 is 24.2. The molecule has 1 aliphatic carbocycles. The first kappa shape index (κ1) is 18.2. The second-order valence-electron chi connectivity index (χ2n) is 6.91. The normalized spacial score (nSPS) is 17.7. The molecule has 25 heavy (non-hydrogen) atoms. The second kappa shape index (κ2) is 8.21. The molecule has 2 unspecified atom stereocenters. The fourth-order valence-electron chi connectivity index (χ4n) is 3.28. The summed E-state index contributed by atoms with van der Waals surface area (Å²) in [5, 5.41) is 0. The molecule has 0 spiro atoms. The van der Waals surface area contributed by atoms with Gasteiger partial charge in [-0.2, -0.15) is 0 Å². The Balaban J connectivity index is 1.71. The predicted octanol–water partition coefficient (Wildman–Crippen LogP) is 5.70. The molecule has 0 bridgehead atoms. The van der Waals surface area contributed by atoms with Crippen LogP contribution in [0.5, 0.6) is 5.75 Å². The maximum absolute atomic E-state index is 12.7. The summed E-state index contributed by atoms with van der Waals surface area (Å²) in [6, 6.07) is 18.4. The van der Waals surface area contributed by atoms with E-state index in [9.17, 15) is 4.57 Å². The monoisotopic (exact) mass is 358 g/mol. The van der Waals surface area contributed by atoms with E-state index < -0.39 is 7.37 Å². The molecular formula is C21H27O3P. The van der Waals surface area contributed by atoms with E-state index >= 15 is 0 Å². The average molecular weight is 358 g/mol. The van der Waals surface area contributed by atoms with E-state index in [1.807, 2.05) is 37.3 Å². The first-order valence-corrected chi connectivity index (χ1v) is 11.3. The van der Waals surface area contributed by atoms with E-state index in [1.54, 1.807) is 6.66 Å². The minimum absolute atomic E-state index is 0.294. The lowest BCUT2D eigenvalue weighted by Gasteiger charge is -2.22. The Kier molecular flexibility index (Phi) is 5.98. The zero-order valence-electron chi connectivity index (χ0n) is 15.1. The van der Waals surface area contributed by atoms with Crippen LogP contribution in [0, 0.1) is 5.92 Å². The highest BCUT2D eigenvalue weighted by atomic mass is 31.2. The molecule has 1 aliphatic rings. The lowest BCUT2D eigenvalue weighted by Crippen LogP contribution is -2.09. The fraction of sp³-hybridized carbons (Fsp3) is 0.429. The molecule has 0 amide bonds. The molecule has 0 heterocycles. The van der Waals surface area contributed by atoms with Crippen molar-refractivity contribution in [1.29, 1.82) is 0 Å². The Morgan fingerprint density at radius 3 is 2.56 bits per heavy atom. The summed E-state index contributed by atoms with van der Waals surface area (Å²) in [6.45, 7) is 4.73. The summed E-state index contributed by atoms with van der Waals surface area (Å²) in [5.41, 5.74) is 2.37. The van der Waals surface area contributed by atoms with Gasteiger partial charge in [-0.1, -0.05) is 42.5 Å². The summed E-state index contributed by atoms with van der Waals surface area (Å²) >= 11 is 0. The standard InChI is InChI=1S/C21H27O3P/c1-3-24-25(2,22)16-21(18-12-13-18)19-10-7-11-20(14-19)23-15-17-8-5-4-6-9-17/h4-11,14,18,21H,3,12-13,15-16H2,1-2H3. The molecule has 0 aromatic heterocycles. The van der Waals surface area contributed by atoms with Gasteiger partial charge in [-0.25, -0.2) is 0 Å². The summed E-state index contributed by atoms with van der Waals surface area (Å²) in [5.74, 6) is 1.79. The van der Waals surface area contributed by atoms with Crippen LogP contribution >= 0.6 is 7.37 Å². The van der Waals surface area contributed by atoms with E-state index in [0.29, 0.717) is 31.2 Å². The maximum atomic E-state index is 12.7. The van der Waals surface area contributed by atoms with Crippen LogP contribution < -0.4 is 4.74 Å². The van der Waals surface area contributed by atoms with Gasteiger partial charge in [0.1, 0.15) is 12.4 Å². The highest BCUT2D eigenvalue weighted by Crippen LogP contribution is 2.53. The van der Waals surface area contributed by atoms with Gasteiger partial charge in [0.2, 0.25) is 7.37 Å². The lowest BCUT2D eigenvalue weighted by molar-refractivity contribution is 0.305. The molecule has 3 rings (SSSR count). The van der Waals surface area contributed by atoms with Gasteiger partial charge in [0.25, 0.3) is 0 Å². The summed E-state index contributed by atoms with van der Waals surface area (Å²) in [6.07, 6.45) is 3.05. The summed E-state index contributed by atoms with van der Waals surface area (Å²) in [7, 11) is -2.55. The zero-order valence-corrected chi connectivity index (χ0v) is 16.0. The van der Waals surface area contributed by atoms with Crippen molar-refractivity contribution in [3.05, 3.63) is 65.7 Å². The number of ether oxygens (including phenoxy) is 1. The van der Waals surface area contributed by atoms with Crippen LogP contribution in [-0.4, -0.2) is 19.4 Å². The first-order chi connectivity index (χ1) is 12.1. The van der Waals surface area contributed by atoms with Crippen LogP contribution in [0.15, 0.2) is 54.6 Å². The molecule has 0 N–H and O–H groups in total. The van der Waals surface area contributed by atoms with E-state index in [0.717, 1.165) is 11.3 Å². The van der Waals surface area contributed by atoms with Gasteiger partial charge in [-0.3, -0.25) is 4.57 Å². The van der Waals surface area contributed by atoms with E-state index in [4.69, 9.17) is 9.26 Å². The van der Waals surface area contributed by atoms with Crippen LogP contribution in [0.2, 0.25) is 0 Å². The third-order valence-corrected chi connectivity index (χ3v) is 6.52. The van der Waals surface area contributed by atoms with Gasteiger partial charge >= 0.3 is 0 Å². The summed E-state index contributed by atoms with van der Waals surface area (Å²) in [4.78, 5) is 0. The van der Waals surface area contributed by atoms with Crippen LogP contribution in [0.1, 0.15) is 36.8 Å². The van der Waals surface area contributed by atoms with Crippen LogP contribution in [0.3, 0.4) is 0 Å². The highest BCUT2D eigenvalue weighted by molar-refractivity contribution is 7.58. The maximum Gasteiger partial charge on any atom is 0.200 e. The number of hydrogen-bond donors (Lipinski definition) is 0. The molecule has 1 fully saturated rings. The minimum Gasteiger partial charge on any atom is -0.489 e. The molecule has 0 radical (unpaired) electrons. The van der Waals surface area contributed by atoms with Gasteiger partial charge in [0.05, 0.1) is 6.61 Å². The largest absolute Gasteiger partial charge is 0.489 e. The molecule has 0 saturated heterocycles. The quantitative estimate of drug-likeness (QED) is 0.539. The molecule has 1 saturated carbocycles. The van der Waals surface area contributed by atoms with Gasteiger partial charge in [0.15, 0.2) is 0 Å². The SMILES string of the molecule is CCOP(C)(=O)CC(c1cccc(OCc2ccccc2)c1)C1CC1. The Hall–Kier alpha value is -1.57. The third-order valence-electron chi connectivity index (χ3n) is 4.66. The van der Waals surface area contributed by atoms with Gasteiger partial charge in [0, 0.05) is 12.8 Å². The van der Waals surface area contributed by atoms with Crippen molar-refractivity contribution in [3.8, 4) is 5.75 Å². The van der Waals surface area contributed by atoms with Crippen molar-refractivity contribution in [2.45, 2.75) is 32.3 Å². The molecule has 3 nitrogen and oxygen atoms in total. The van der Waals surface area contributed by atoms with Crippen molar-refractivity contribution < 1.29 is 13.8 Å².